The lowest BCUT2D eigenvalue weighted by Crippen LogP contribution is -2.22. The summed E-state index contributed by atoms with van der Waals surface area (Å²) in [4.78, 5) is 22.5. The van der Waals surface area contributed by atoms with Crippen LogP contribution < -0.4 is 5.32 Å². The fraction of sp³-hybridized carbons (Fsp3) is 0.292. The van der Waals surface area contributed by atoms with Crippen molar-refractivity contribution in [1.29, 1.82) is 0 Å². The summed E-state index contributed by atoms with van der Waals surface area (Å²) < 4.78 is 0. The fourth-order valence-corrected chi connectivity index (χ4v) is 3.59. The molecular weight excluding hydrogens is 346 g/mol. The third-order valence-electron chi connectivity index (χ3n) is 5.46. The van der Waals surface area contributed by atoms with Gasteiger partial charge in [0.15, 0.2) is 5.82 Å². The molecule has 1 atom stereocenters. The summed E-state index contributed by atoms with van der Waals surface area (Å²) >= 11 is 0. The largest absolute Gasteiger partial charge is 0.309 e. The first-order valence-corrected chi connectivity index (χ1v) is 9.94. The molecule has 0 bridgehead atoms. The van der Waals surface area contributed by atoms with E-state index < -0.39 is 0 Å². The third kappa shape index (κ3) is 3.42. The minimum Gasteiger partial charge on any atom is -0.309 e. The molecule has 1 N–H and O–H groups in total. The van der Waals surface area contributed by atoms with Crippen molar-refractivity contribution >= 4 is 11.7 Å². The summed E-state index contributed by atoms with van der Waals surface area (Å²) in [6.07, 6.45) is 2.57. The molecule has 4 nitrogen and oxygen atoms in total. The molecule has 142 valence electrons. The van der Waals surface area contributed by atoms with Gasteiger partial charge < -0.3 is 5.32 Å². The average Bonchev–Trinajstić information content (AvgIpc) is 2.72. The summed E-state index contributed by atoms with van der Waals surface area (Å²) in [5.41, 5.74) is 7.18. The van der Waals surface area contributed by atoms with Crippen molar-refractivity contribution in [3.63, 3.8) is 0 Å². The number of aryl methyl sites for hydroxylation is 3. The van der Waals surface area contributed by atoms with Gasteiger partial charge in [0.25, 0.3) is 0 Å². The Morgan fingerprint density at radius 1 is 1.07 bits per heavy atom. The molecule has 1 aliphatic carbocycles. The lowest BCUT2D eigenvalue weighted by Gasteiger charge is -2.21. The summed E-state index contributed by atoms with van der Waals surface area (Å²) in [6.45, 7) is 6.01. The van der Waals surface area contributed by atoms with Crippen LogP contribution in [0.1, 0.15) is 37.1 Å². The van der Waals surface area contributed by atoms with Crippen molar-refractivity contribution in [1.82, 2.24) is 9.97 Å². The van der Waals surface area contributed by atoms with Gasteiger partial charge in [0.1, 0.15) is 5.69 Å². The Bertz CT molecular complexity index is 1040. The molecule has 1 unspecified atom stereocenters. The molecule has 0 fully saturated rings. The van der Waals surface area contributed by atoms with Crippen LogP contribution in [0.4, 0.5) is 5.82 Å². The molecule has 1 aromatic heterocycles. The molecule has 4 rings (SSSR count). The fourth-order valence-electron chi connectivity index (χ4n) is 3.59. The molecule has 2 aromatic carbocycles. The number of amides is 1. The Morgan fingerprint density at radius 3 is 2.68 bits per heavy atom. The van der Waals surface area contributed by atoms with Crippen LogP contribution in [0.15, 0.2) is 48.5 Å². The first-order valence-electron chi connectivity index (χ1n) is 9.94. The zero-order valence-electron chi connectivity index (χ0n) is 16.6. The lowest BCUT2D eigenvalue weighted by atomic mass is 9.91. The van der Waals surface area contributed by atoms with Gasteiger partial charge in [-0.3, -0.25) is 4.79 Å². The minimum atomic E-state index is -0.0658. The molecule has 4 heteroatoms. The van der Waals surface area contributed by atoms with Crippen LogP contribution in [0.3, 0.4) is 0 Å². The monoisotopic (exact) mass is 371 g/mol. The molecule has 0 radical (unpaired) electrons. The van der Waals surface area contributed by atoms with Crippen LogP contribution in [-0.2, 0) is 17.6 Å². The number of aromatic nitrogens is 2. The normalized spacial score (nSPS) is 13.4. The SMILES string of the molecule is CCC(C)C(=O)Nc1nc2c(nc1-c1cccc(C)c1)-c1ccccc1CC2. The first kappa shape index (κ1) is 18.4. The highest BCUT2D eigenvalue weighted by molar-refractivity contribution is 5.95. The Balaban J connectivity index is 1.87. The van der Waals surface area contributed by atoms with Gasteiger partial charge in [0, 0.05) is 17.0 Å². The second kappa shape index (κ2) is 7.55. The highest BCUT2D eigenvalue weighted by atomic mass is 16.1. The number of hydrogen-bond acceptors (Lipinski definition) is 3. The highest BCUT2D eigenvalue weighted by Gasteiger charge is 2.23. The number of benzene rings is 2. The van der Waals surface area contributed by atoms with Crippen LogP contribution in [0.25, 0.3) is 22.5 Å². The van der Waals surface area contributed by atoms with Crippen LogP contribution >= 0.6 is 0 Å². The second-order valence-corrected chi connectivity index (χ2v) is 7.54. The molecule has 1 aliphatic rings. The topological polar surface area (TPSA) is 54.9 Å². The third-order valence-corrected chi connectivity index (χ3v) is 5.46. The van der Waals surface area contributed by atoms with E-state index in [1.807, 2.05) is 32.0 Å². The minimum absolute atomic E-state index is 0.0122. The second-order valence-electron chi connectivity index (χ2n) is 7.54. The molecule has 0 saturated carbocycles. The van der Waals surface area contributed by atoms with E-state index in [2.05, 4.69) is 42.6 Å². The zero-order valence-corrected chi connectivity index (χ0v) is 16.6. The quantitative estimate of drug-likeness (QED) is 0.685. The molecule has 3 aromatic rings. The maximum atomic E-state index is 12.6. The van der Waals surface area contributed by atoms with E-state index in [1.54, 1.807) is 0 Å². The van der Waals surface area contributed by atoms with E-state index in [1.165, 1.54) is 5.56 Å². The molecular formula is C24H25N3O. The van der Waals surface area contributed by atoms with Crippen molar-refractivity contribution < 1.29 is 4.79 Å². The Morgan fingerprint density at radius 2 is 1.89 bits per heavy atom. The number of nitrogens with zero attached hydrogens (tertiary/aromatic N) is 2. The first-order chi connectivity index (χ1) is 13.6. The number of carbonyl (C=O) groups excluding carboxylic acids is 1. The number of hydrogen-bond donors (Lipinski definition) is 1. The van der Waals surface area contributed by atoms with E-state index in [-0.39, 0.29) is 11.8 Å². The number of rotatable bonds is 4. The maximum Gasteiger partial charge on any atom is 0.228 e. The maximum absolute atomic E-state index is 12.6. The zero-order chi connectivity index (χ0) is 19.7. The van der Waals surface area contributed by atoms with Crippen molar-refractivity contribution in [2.75, 3.05) is 5.32 Å². The van der Waals surface area contributed by atoms with Crippen molar-refractivity contribution in [2.45, 2.75) is 40.0 Å². The van der Waals surface area contributed by atoms with Crippen molar-refractivity contribution in [3.8, 4) is 22.5 Å². The molecule has 0 saturated heterocycles. The van der Waals surface area contributed by atoms with E-state index in [4.69, 9.17) is 9.97 Å². The Labute approximate surface area is 166 Å². The van der Waals surface area contributed by atoms with Gasteiger partial charge in [0.2, 0.25) is 5.91 Å². The lowest BCUT2D eigenvalue weighted by molar-refractivity contribution is -0.119. The molecule has 28 heavy (non-hydrogen) atoms. The predicted octanol–water partition coefficient (Wildman–Crippen LogP) is 5.20. The van der Waals surface area contributed by atoms with Crippen molar-refractivity contribution in [2.24, 2.45) is 5.92 Å². The van der Waals surface area contributed by atoms with Crippen LogP contribution in [0.5, 0.6) is 0 Å². The number of carbonyl (C=O) groups is 1. The number of nitrogens with one attached hydrogen (secondary N) is 1. The molecule has 1 amide bonds. The number of fused-ring (bicyclic) bond motifs is 3. The van der Waals surface area contributed by atoms with Crippen LogP contribution in [-0.4, -0.2) is 15.9 Å². The van der Waals surface area contributed by atoms with Gasteiger partial charge in [-0.1, -0.05) is 61.9 Å². The van der Waals surface area contributed by atoms with E-state index >= 15 is 0 Å². The van der Waals surface area contributed by atoms with Gasteiger partial charge in [0.05, 0.1) is 11.4 Å². The van der Waals surface area contributed by atoms with E-state index in [0.717, 1.165) is 53.0 Å². The van der Waals surface area contributed by atoms with Crippen LogP contribution in [0.2, 0.25) is 0 Å². The van der Waals surface area contributed by atoms with Gasteiger partial charge in [-0.25, -0.2) is 9.97 Å². The summed E-state index contributed by atoms with van der Waals surface area (Å²) in [5, 5.41) is 3.04. The predicted molar refractivity (Wildman–Crippen MR) is 113 cm³/mol. The number of anilines is 1. The standard InChI is InChI=1S/C24H25N3O/c1-4-16(3)24(28)27-23-21(18-10-7-8-15(2)14-18)26-22-19-11-6-5-9-17(19)12-13-20(22)25-23/h5-11,14,16H,4,12-13H2,1-3H3,(H,25,27,28). The smallest absolute Gasteiger partial charge is 0.228 e. The van der Waals surface area contributed by atoms with Crippen molar-refractivity contribution in [3.05, 3.63) is 65.4 Å². The summed E-state index contributed by atoms with van der Waals surface area (Å²) in [6, 6.07) is 16.6. The van der Waals surface area contributed by atoms with Gasteiger partial charge in [-0.05, 0) is 37.8 Å². The van der Waals surface area contributed by atoms with Crippen LogP contribution in [0, 0.1) is 12.8 Å². The highest BCUT2D eigenvalue weighted by Crippen LogP contribution is 2.35. The average molecular weight is 371 g/mol. The van der Waals surface area contributed by atoms with Gasteiger partial charge in [-0.2, -0.15) is 0 Å². The molecule has 1 heterocycles. The summed E-state index contributed by atoms with van der Waals surface area (Å²) in [5.74, 6) is 0.486. The Hall–Kier alpha value is -3.01. The Kier molecular flexibility index (Phi) is 4.95. The molecule has 0 spiro atoms. The van der Waals surface area contributed by atoms with E-state index in [9.17, 15) is 4.79 Å². The summed E-state index contributed by atoms with van der Waals surface area (Å²) in [7, 11) is 0. The van der Waals surface area contributed by atoms with E-state index in [0.29, 0.717) is 5.82 Å². The molecule has 0 aliphatic heterocycles. The van der Waals surface area contributed by atoms with Gasteiger partial charge >= 0.3 is 0 Å². The van der Waals surface area contributed by atoms with Gasteiger partial charge in [-0.15, -0.1) is 0 Å².